The summed E-state index contributed by atoms with van der Waals surface area (Å²) in [4.78, 5) is 24.4. The number of hydrogen-bond donors (Lipinski definition) is 1. The molecule has 0 saturated carbocycles. The number of amides is 1. The summed E-state index contributed by atoms with van der Waals surface area (Å²) in [7, 11) is 0. The minimum atomic E-state index is -0.231. The van der Waals surface area contributed by atoms with Gasteiger partial charge in [-0.05, 0) is 40.6 Å². The van der Waals surface area contributed by atoms with Gasteiger partial charge in [-0.3, -0.25) is 9.59 Å². The SMILES string of the molecule is O=C(/C=C/c1ccsc1)Nc1cccc(C(=O)c2ccccc2)c1. The Morgan fingerprint density at radius 3 is 2.46 bits per heavy atom. The Kier molecular flexibility index (Phi) is 4.99. The lowest BCUT2D eigenvalue weighted by Gasteiger charge is -2.05. The van der Waals surface area contributed by atoms with Crippen LogP contribution in [0.25, 0.3) is 6.08 Å². The fraction of sp³-hybridized carbons (Fsp3) is 0. The molecule has 0 bridgehead atoms. The fourth-order valence-corrected chi connectivity index (χ4v) is 2.85. The highest BCUT2D eigenvalue weighted by atomic mass is 32.1. The van der Waals surface area contributed by atoms with Crippen molar-refractivity contribution in [3.63, 3.8) is 0 Å². The van der Waals surface area contributed by atoms with Crippen molar-refractivity contribution in [2.24, 2.45) is 0 Å². The molecular formula is C20H15NO2S. The highest BCUT2D eigenvalue weighted by Crippen LogP contribution is 2.15. The first kappa shape index (κ1) is 15.9. The summed E-state index contributed by atoms with van der Waals surface area (Å²) in [6.07, 6.45) is 3.23. The van der Waals surface area contributed by atoms with Gasteiger partial charge in [0.2, 0.25) is 5.91 Å². The van der Waals surface area contributed by atoms with Gasteiger partial charge in [-0.2, -0.15) is 11.3 Å². The highest BCUT2D eigenvalue weighted by molar-refractivity contribution is 7.08. The summed E-state index contributed by atoms with van der Waals surface area (Å²) < 4.78 is 0. The van der Waals surface area contributed by atoms with Crippen LogP contribution >= 0.6 is 11.3 Å². The van der Waals surface area contributed by atoms with Gasteiger partial charge in [0.05, 0.1) is 0 Å². The molecule has 1 aromatic heterocycles. The van der Waals surface area contributed by atoms with E-state index in [1.165, 1.54) is 6.08 Å². The zero-order chi connectivity index (χ0) is 16.8. The summed E-state index contributed by atoms with van der Waals surface area (Å²) in [6, 6.07) is 18.0. The summed E-state index contributed by atoms with van der Waals surface area (Å²) in [6.45, 7) is 0. The zero-order valence-corrected chi connectivity index (χ0v) is 13.6. The highest BCUT2D eigenvalue weighted by Gasteiger charge is 2.09. The van der Waals surface area contributed by atoms with Gasteiger partial charge in [-0.25, -0.2) is 0 Å². The molecule has 0 aliphatic rings. The average Bonchev–Trinajstić information content (AvgIpc) is 3.14. The van der Waals surface area contributed by atoms with E-state index in [0.29, 0.717) is 16.8 Å². The van der Waals surface area contributed by atoms with Crippen molar-refractivity contribution in [1.29, 1.82) is 0 Å². The monoisotopic (exact) mass is 333 g/mol. The van der Waals surface area contributed by atoms with E-state index in [4.69, 9.17) is 0 Å². The molecule has 4 heteroatoms. The summed E-state index contributed by atoms with van der Waals surface area (Å²) in [5.74, 6) is -0.300. The number of thiophene rings is 1. The molecule has 3 aromatic rings. The molecule has 0 aliphatic carbocycles. The van der Waals surface area contributed by atoms with Crippen LogP contribution in [-0.4, -0.2) is 11.7 Å². The molecule has 2 aromatic carbocycles. The Hall–Kier alpha value is -2.98. The van der Waals surface area contributed by atoms with Gasteiger partial charge in [0, 0.05) is 22.9 Å². The molecule has 0 unspecified atom stereocenters. The second-order valence-corrected chi connectivity index (χ2v) is 5.94. The van der Waals surface area contributed by atoms with Crippen LogP contribution in [0.2, 0.25) is 0 Å². The summed E-state index contributed by atoms with van der Waals surface area (Å²) in [5.41, 5.74) is 2.75. The minimum absolute atomic E-state index is 0.0690. The topological polar surface area (TPSA) is 46.2 Å². The van der Waals surface area contributed by atoms with Crippen molar-refractivity contribution in [1.82, 2.24) is 0 Å². The first-order valence-corrected chi connectivity index (χ1v) is 8.38. The predicted molar refractivity (Wildman–Crippen MR) is 98.3 cm³/mol. The van der Waals surface area contributed by atoms with Crippen LogP contribution in [0.3, 0.4) is 0 Å². The van der Waals surface area contributed by atoms with Crippen LogP contribution < -0.4 is 5.32 Å². The van der Waals surface area contributed by atoms with Gasteiger partial charge in [-0.15, -0.1) is 0 Å². The number of rotatable bonds is 5. The zero-order valence-electron chi connectivity index (χ0n) is 12.8. The fourth-order valence-electron chi connectivity index (χ4n) is 2.22. The van der Waals surface area contributed by atoms with Crippen molar-refractivity contribution in [2.75, 3.05) is 5.32 Å². The van der Waals surface area contributed by atoms with E-state index in [1.54, 1.807) is 53.8 Å². The Balaban J connectivity index is 1.71. The van der Waals surface area contributed by atoms with Crippen molar-refractivity contribution in [3.05, 3.63) is 94.2 Å². The second-order valence-electron chi connectivity index (χ2n) is 5.16. The molecule has 0 saturated heterocycles. The van der Waals surface area contributed by atoms with Crippen molar-refractivity contribution < 1.29 is 9.59 Å². The van der Waals surface area contributed by atoms with Crippen molar-refractivity contribution in [3.8, 4) is 0 Å². The largest absolute Gasteiger partial charge is 0.322 e. The number of carbonyl (C=O) groups is 2. The number of hydrogen-bond acceptors (Lipinski definition) is 3. The lowest BCUT2D eigenvalue weighted by molar-refractivity contribution is -0.111. The van der Waals surface area contributed by atoms with Gasteiger partial charge < -0.3 is 5.32 Å². The third-order valence-electron chi connectivity index (χ3n) is 3.40. The standard InChI is InChI=1S/C20H15NO2S/c22-19(10-9-15-11-12-24-14-15)21-18-8-4-7-17(13-18)20(23)16-5-2-1-3-6-16/h1-14H,(H,21,22)/b10-9+. The molecule has 0 fully saturated rings. The summed E-state index contributed by atoms with van der Waals surface area (Å²) >= 11 is 1.58. The van der Waals surface area contributed by atoms with Gasteiger partial charge in [0.1, 0.15) is 0 Å². The maximum absolute atomic E-state index is 12.4. The molecule has 3 nitrogen and oxygen atoms in total. The molecular weight excluding hydrogens is 318 g/mol. The van der Waals surface area contributed by atoms with E-state index < -0.39 is 0 Å². The maximum Gasteiger partial charge on any atom is 0.248 e. The van der Waals surface area contributed by atoms with Crippen LogP contribution in [0.15, 0.2) is 77.5 Å². The van der Waals surface area contributed by atoms with Crippen LogP contribution in [0, 0.1) is 0 Å². The Morgan fingerprint density at radius 2 is 1.71 bits per heavy atom. The van der Waals surface area contributed by atoms with E-state index in [1.807, 2.05) is 35.0 Å². The van der Waals surface area contributed by atoms with Gasteiger partial charge in [0.15, 0.2) is 5.78 Å². The van der Waals surface area contributed by atoms with Gasteiger partial charge in [-0.1, -0.05) is 42.5 Å². The van der Waals surface area contributed by atoms with Crippen LogP contribution in [0.4, 0.5) is 5.69 Å². The molecule has 24 heavy (non-hydrogen) atoms. The van der Waals surface area contributed by atoms with Crippen LogP contribution in [0.5, 0.6) is 0 Å². The second kappa shape index (κ2) is 7.53. The molecule has 0 radical (unpaired) electrons. The molecule has 0 atom stereocenters. The van der Waals surface area contributed by atoms with Crippen molar-refractivity contribution in [2.45, 2.75) is 0 Å². The quantitative estimate of drug-likeness (QED) is 0.546. The van der Waals surface area contributed by atoms with E-state index in [-0.39, 0.29) is 11.7 Å². The number of benzene rings is 2. The number of ketones is 1. The molecule has 1 N–H and O–H groups in total. The van der Waals surface area contributed by atoms with E-state index >= 15 is 0 Å². The van der Waals surface area contributed by atoms with E-state index in [2.05, 4.69) is 5.32 Å². The normalized spacial score (nSPS) is 10.7. The van der Waals surface area contributed by atoms with E-state index in [9.17, 15) is 9.59 Å². The smallest absolute Gasteiger partial charge is 0.248 e. The Labute approximate surface area is 144 Å². The first-order valence-electron chi connectivity index (χ1n) is 7.43. The van der Waals surface area contributed by atoms with Crippen LogP contribution in [0.1, 0.15) is 21.5 Å². The maximum atomic E-state index is 12.4. The third kappa shape index (κ3) is 4.06. The summed E-state index contributed by atoms with van der Waals surface area (Å²) in [5, 5.41) is 6.69. The van der Waals surface area contributed by atoms with Crippen molar-refractivity contribution >= 4 is 34.8 Å². The lowest BCUT2D eigenvalue weighted by Crippen LogP contribution is -2.09. The third-order valence-corrected chi connectivity index (χ3v) is 4.10. The molecule has 3 rings (SSSR count). The molecule has 1 heterocycles. The predicted octanol–water partition coefficient (Wildman–Crippen LogP) is 4.63. The van der Waals surface area contributed by atoms with Crippen LogP contribution in [-0.2, 0) is 4.79 Å². The average molecular weight is 333 g/mol. The molecule has 1 amide bonds. The lowest BCUT2D eigenvalue weighted by atomic mass is 10.0. The molecule has 0 aliphatic heterocycles. The Morgan fingerprint density at radius 1 is 0.917 bits per heavy atom. The minimum Gasteiger partial charge on any atom is -0.322 e. The van der Waals surface area contributed by atoms with Gasteiger partial charge >= 0.3 is 0 Å². The molecule has 118 valence electrons. The molecule has 0 spiro atoms. The van der Waals surface area contributed by atoms with E-state index in [0.717, 1.165) is 5.56 Å². The first-order chi connectivity index (χ1) is 11.7. The van der Waals surface area contributed by atoms with Gasteiger partial charge in [0.25, 0.3) is 0 Å². The number of carbonyl (C=O) groups excluding carboxylic acids is 2. The Bertz CT molecular complexity index is 868. The number of nitrogens with one attached hydrogen (secondary N) is 1. The number of anilines is 1.